The van der Waals surface area contributed by atoms with E-state index in [1.807, 2.05) is 24.3 Å². The van der Waals surface area contributed by atoms with E-state index in [-0.39, 0.29) is 16.3 Å². The van der Waals surface area contributed by atoms with Crippen molar-refractivity contribution >= 4 is 45.3 Å². The number of nitro benzene ring substituents is 1. The van der Waals surface area contributed by atoms with Crippen LogP contribution in [-0.2, 0) is 0 Å². The zero-order valence-electron chi connectivity index (χ0n) is 11.0. The van der Waals surface area contributed by atoms with E-state index in [1.165, 1.54) is 18.3 Å². The molecule has 0 aliphatic rings. The quantitative estimate of drug-likeness (QED) is 0.496. The first-order chi connectivity index (χ1) is 10.5. The van der Waals surface area contributed by atoms with E-state index in [0.29, 0.717) is 0 Å². The lowest BCUT2D eigenvalue weighted by Gasteiger charge is -2.01. The van der Waals surface area contributed by atoms with Crippen molar-refractivity contribution in [3.8, 4) is 0 Å². The molecular weight excluding hydrogens is 374 g/mol. The number of carbonyl (C=O) groups excluding carboxylic acids is 1. The van der Waals surface area contributed by atoms with Gasteiger partial charge in [-0.1, -0.05) is 45.7 Å². The van der Waals surface area contributed by atoms with Gasteiger partial charge in [-0.2, -0.15) is 5.10 Å². The van der Waals surface area contributed by atoms with Crippen LogP contribution in [0.2, 0.25) is 5.02 Å². The van der Waals surface area contributed by atoms with E-state index in [9.17, 15) is 14.9 Å². The first kappa shape index (κ1) is 16.1. The van der Waals surface area contributed by atoms with Crippen LogP contribution < -0.4 is 5.43 Å². The van der Waals surface area contributed by atoms with Gasteiger partial charge < -0.3 is 0 Å². The van der Waals surface area contributed by atoms with E-state index in [0.717, 1.165) is 16.1 Å². The Morgan fingerprint density at radius 3 is 2.73 bits per heavy atom. The molecule has 0 saturated heterocycles. The molecule has 0 atom stereocenters. The molecule has 0 radical (unpaired) electrons. The zero-order valence-corrected chi connectivity index (χ0v) is 13.3. The fourth-order valence-corrected chi connectivity index (χ4v) is 2.17. The SMILES string of the molecule is O=C(N/N=C\c1ccccc1Br)c1ccc(Cl)c([N+](=O)[O-])c1. The van der Waals surface area contributed by atoms with Crippen molar-refractivity contribution < 1.29 is 9.72 Å². The van der Waals surface area contributed by atoms with Crippen molar-refractivity contribution in [1.82, 2.24) is 5.43 Å². The summed E-state index contributed by atoms with van der Waals surface area (Å²) < 4.78 is 0.829. The number of nitrogens with zero attached hydrogens (tertiary/aromatic N) is 2. The van der Waals surface area contributed by atoms with Gasteiger partial charge in [0, 0.05) is 21.7 Å². The maximum absolute atomic E-state index is 11.9. The van der Waals surface area contributed by atoms with Gasteiger partial charge in [0.2, 0.25) is 0 Å². The van der Waals surface area contributed by atoms with Gasteiger partial charge in [0.25, 0.3) is 11.6 Å². The highest BCUT2D eigenvalue weighted by atomic mass is 79.9. The molecule has 0 bridgehead atoms. The highest BCUT2D eigenvalue weighted by Crippen LogP contribution is 2.24. The Hall–Kier alpha value is -2.25. The van der Waals surface area contributed by atoms with Crippen LogP contribution in [-0.4, -0.2) is 17.0 Å². The number of hydrogen-bond donors (Lipinski definition) is 1. The number of rotatable bonds is 4. The molecule has 2 aromatic carbocycles. The minimum absolute atomic E-state index is 0.0294. The number of hydrogen-bond acceptors (Lipinski definition) is 4. The Kier molecular flexibility index (Phi) is 5.24. The summed E-state index contributed by atoms with van der Waals surface area (Å²) >= 11 is 9.04. The van der Waals surface area contributed by atoms with Crippen molar-refractivity contribution in [3.05, 3.63) is 73.2 Å². The fraction of sp³-hybridized carbons (Fsp3) is 0. The number of hydrazone groups is 1. The van der Waals surface area contributed by atoms with Gasteiger partial charge in [-0.25, -0.2) is 5.43 Å². The minimum Gasteiger partial charge on any atom is -0.267 e. The normalized spacial score (nSPS) is 10.6. The lowest BCUT2D eigenvalue weighted by Crippen LogP contribution is -2.17. The summed E-state index contributed by atoms with van der Waals surface area (Å²) in [5, 5.41) is 14.6. The molecular formula is C14H9BrClN3O3. The van der Waals surface area contributed by atoms with Gasteiger partial charge in [0.1, 0.15) is 5.02 Å². The monoisotopic (exact) mass is 381 g/mol. The summed E-state index contributed by atoms with van der Waals surface area (Å²) in [6, 6.07) is 11.1. The minimum atomic E-state index is -0.649. The summed E-state index contributed by atoms with van der Waals surface area (Å²) in [5.41, 5.74) is 2.85. The van der Waals surface area contributed by atoms with Gasteiger partial charge in [0.15, 0.2) is 0 Å². The largest absolute Gasteiger partial charge is 0.288 e. The van der Waals surface area contributed by atoms with E-state index >= 15 is 0 Å². The Bertz CT molecular complexity index is 765. The van der Waals surface area contributed by atoms with Crippen LogP contribution in [0.3, 0.4) is 0 Å². The standard InChI is InChI=1S/C14H9BrClN3O3/c15-11-4-2-1-3-10(11)8-17-18-14(20)9-5-6-12(16)13(7-9)19(21)22/h1-8H,(H,18,20)/b17-8-. The molecule has 6 nitrogen and oxygen atoms in total. The van der Waals surface area contributed by atoms with Crippen LogP contribution in [0.25, 0.3) is 0 Å². The van der Waals surface area contributed by atoms with Gasteiger partial charge in [0.05, 0.1) is 11.1 Å². The average molecular weight is 383 g/mol. The maximum atomic E-state index is 11.9. The van der Waals surface area contributed by atoms with Crippen molar-refractivity contribution in [3.63, 3.8) is 0 Å². The third kappa shape index (κ3) is 3.90. The summed E-state index contributed by atoms with van der Waals surface area (Å²) in [6.45, 7) is 0. The van der Waals surface area contributed by atoms with Crippen molar-refractivity contribution in [2.75, 3.05) is 0 Å². The smallest absolute Gasteiger partial charge is 0.267 e. The van der Waals surface area contributed by atoms with Crippen LogP contribution in [0.5, 0.6) is 0 Å². The molecule has 2 aromatic rings. The lowest BCUT2D eigenvalue weighted by atomic mass is 10.2. The highest BCUT2D eigenvalue weighted by molar-refractivity contribution is 9.10. The van der Waals surface area contributed by atoms with Gasteiger partial charge in [-0.05, 0) is 18.2 Å². The van der Waals surface area contributed by atoms with Crippen molar-refractivity contribution in [1.29, 1.82) is 0 Å². The molecule has 0 aliphatic carbocycles. The first-order valence-electron chi connectivity index (χ1n) is 6.01. The zero-order chi connectivity index (χ0) is 16.1. The van der Waals surface area contributed by atoms with E-state index < -0.39 is 10.8 Å². The Labute approximate surface area is 139 Å². The molecule has 0 aliphatic heterocycles. The predicted octanol–water partition coefficient (Wildman–Crippen LogP) is 3.77. The number of amides is 1. The van der Waals surface area contributed by atoms with Crippen LogP contribution in [0.1, 0.15) is 15.9 Å². The number of halogens is 2. The Balaban J connectivity index is 2.12. The Morgan fingerprint density at radius 1 is 1.32 bits per heavy atom. The Morgan fingerprint density at radius 2 is 2.05 bits per heavy atom. The third-order valence-electron chi connectivity index (χ3n) is 2.68. The molecule has 8 heteroatoms. The molecule has 1 amide bonds. The van der Waals surface area contributed by atoms with Gasteiger partial charge in [-0.3, -0.25) is 14.9 Å². The summed E-state index contributed by atoms with van der Waals surface area (Å²) in [6.07, 6.45) is 1.46. The highest BCUT2D eigenvalue weighted by Gasteiger charge is 2.15. The predicted molar refractivity (Wildman–Crippen MR) is 87.3 cm³/mol. The van der Waals surface area contributed by atoms with E-state index in [4.69, 9.17) is 11.6 Å². The van der Waals surface area contributed by atoms with E-state index in [2.05, 4.69) is 26.5 Å². The molecule has 0 saturated carbocycles. The average Bonchev–Trinajstić information content (AvgIpc) is 2.49. The van der Waals surface area contributed by atoms with E-state index in [1.54, 1.807) is 0 Å². The molecule has 0 spiro atoms. The maximum Gasteiger partial charge on any atom is 0.288 e. The summed E-state index contributed by atoms with van der Waals surface area (Å²) in [4.78, 5) is 22.0. The fourth-order valence-electron chi connectivity index (χ4n) is 1.60. The van der Waals surface area contributed by atoms with Crippen LogP contribution in [0.4, 0.5) is 5.69 Å². The molecule has 1 N–H and O–H groups in total. The number of benzene rings is 2. The number of carbonyl (C=O) groups is 1. The van der Waals surface area contributed by atoms with Crippen LogP contribution >= 0.6 is 27.5 Å². The molecule has 2 rings (SSSR count). The molecule has 0 heterocycles. The number of nitrogens with one attached hydrogen (secondary N) is 1. The molecule has 22 heavy (non-hydrogen) atoms. The first-order valence-corrected chi connectivity index (χ1v) is 7.18. The molecule has 0 fully saturated rings. The van der Waals surface area contributed by atoms with Crippen molar-refractivity contribution in [2.24, 2.45) is 5.10 Å². The lowest BCUT2D eigenvalue weighted by molar-refractivity contribution is -0.384. The summed E-state index contributed by atoms with van der Waals surface area (Å²) in [7, 11) is 0. The number of nitro groups is 1. The van der Waals surface area contributed by atoms with Crippen LogP contribution in [0, 0.1) is 10.1 Å². The van der Waals surface area contributed by atoms with Crippen molar-refractivity contribution in [2.45, 2.75) is 0 Å². The molecule has 0 unspecified atom stereocenters. The second-order valence-corrected chi connectivity index (χ2v) is 5.41. The topological polar surface area (TPSA) is 84.6 Å². The summed E-state index contributed by atoms with van der Waals surface area (Å²) in [5.74, 6) is -0.567. The molecule has 112 valence electrons. The van der Waals surface area contributed by atoms with Crippen LogP contribution in [0.15, 0.2) is 52.0 Å². The second kappa shape index (κ2) is 7.15. The third-order valence-corrected chi connectivity index (χ3v) is 3.72. The molecule has 0 aromatic heterocycles. The van der Waals surface area contributed by atoms with Gasteiger partial charge >= 0.3 is 0 Å². The second-order valence-electron chi connectivity index (χ2n) is 4.14. The van der Waals surface area contributed by atoms with Gasteiger partial charge in [-0.15, -0.1) is 0 Å².